The fourth-order valence-corrected chi connectivity index (χ4v) is 1.89. The van der Waals surface area contributed by atoms with Crippen LogP contribution in [0.4, 0.5) is 5.69 Å². The number of nitrogens with zero attached hydrogens (tertiary/aromatic N) is 4. The molecule has 0 saturated carbocycles. The van der Waals surface area contributed by atoms with Gasteiger partial charge in [0, 0.05) is 37.1 Å². The van der Waals surface area contributed by atoms with Gasteiger partial charge in [0.15, 0.2) is 0 Å². The normalized spacial score (nSPS) is 11.5. The molecule has 0 bridgehead atoms. The van der Waals surface area contributed by atoms with Gasteiger partial charge in [-0.1, -0.05) is 13.8 Å². The predicted octanol–water partition coefficient (Wildman–Crippen LogP) is 2.93. The third kappa shape index (κ3) is 3.84. The maximum Gasteiger partial charge on any atom is 0.0729 e. The predicted molar refractivity (Wildman–Crippen MR) is 77.0 cm³/mol. The number of hydrogen-bond acceptors (Lipinski definition) is 3. The van der Waals surface area contributed by atoms with Crippen molar-refractivity contribution in [3.63, 3.8) is 0 Å². The first-order valence-corrected chi connectivity index (χ1v) is 6.84. The molecule has 2 aromatic heterocycles. The van der Waals surface area contributed by atoms with Crippen molar-refractivity contribution in [1.29, 1.82) is 0 Å². The lowest BCUT2D eigenvalue weighted by atomic mass is 10.2. The van der Waals surface area contributed by atoms with E-state index in [9.17, 15) is 0 Å². The Labute approximate surface area is 114 Å². The number of hydrogen-bond donors (Lipinski definition) is 1. The zero-order valence-electron chi connectivity index (χ0n) is 12.2. The summed E-state index contributed by atoms with van der Waals surface area (Å²) in [7, 11) is 0. The number of rotatable bonds is 6. The van der Waals surface area contributed by atoms with E-state index in [0.29, 0.717) is 12.0 Å². The monoisotopic (exact) mass is 261 g/mol. The molecule has 0 amide bonds. The summed E-state index contributed by atoms with van der Waals surface area (Å²) < 4.78 is 3.95. The lowest BCUT2D eigenvalue weighted by molar-refractivity contribution is 0.483. The van der Waals surface area contributed by atoms with Crippen LogP contribution in [-0.2, 0) is 13.1 Å². The Morgan fingerprint density at radius 2 is 1.89 bits per heavy atom. The molecule has 2 heterocycles. The van der Waals surface area contributed by atoms with Gasteiger partial charge in [0.25, 0.3) is 0 Å². The quantitative estimate of drug-likeness (QED) is 0.869. The van der Waals surface area contributed by atoms with Crippen LogP contribution >= 0.6 is 0 Å². The van der Waals surface area contributed by atoms with Crippen molar-refractivity contribution in [3.8, 4) is 0 Å². The molecule has 0 saturated heterocycles. The molecule has 0 spiro atoms. The molecular formula is C14H23N5. The van der Waals surface area contributed by atoms with Crippen LogP contribution < -0.4 is 5.32 Å². The van der Waals surface area contributed by atoms with Crippen LogP contribution in [0.1, 0.15) is 39.3 Å². The minimum atomic E-state index is 0.393. The zero-order valence-corrected chi connectivity index (χ0v) is 12.2. The Morgan fingerprint density at radius 3 is 2.53 bits per heavy atom. The maximum absolute atomic E-state index is 4.36. The molecular weight excluding hydrogens is 238 g/mol. The second kappa shape index (κ2) is 5.91. The van der Waals surface area contributed by atoms with E-state index in [4.69, 9.17) is 0 Å². The first kappa shape index (κ1) is 13.6. The Kier molecular flexibility index (Phi) is 4.24. The molecule has 104 valence electrons. The van der Waals surface area contributed by atoms with E-state index in [1.165, 1.54) is 5.56 Å². The highest BCUT2D eigenvalue weighted by molar-refractivity contribution is 5.38. The fraction of sp³-hybridized carbons (Fsp3) is 0.571. The molecule has 0 aliphatic rings. The van der Waals surface area contributed by atoms with Crippen LogP contribution in [0.3, 0.4) is 0 Å². The minimum Gasteiger partial charge on any atom is -0.378 e. The summed E-state index contributed by atoms with van der Waals surface area (Å²) in [6.45, 7) is 10.4. The van der Waals surface area contributed by atoms with Crippen LogP contribution in [0.5, 0.6) is 0 Å². The summed E-state index contributed by atoms with van der Waals surface area (Å²) in [5.41, 5.74) is 2.24. The minimum absolute atomic E-state index is 0.393. The molecule has 0 atom stereocenters. The highest BCUT2D eigenvalue weighted by atomic mass is 15.3. The van der Waals surface area contributed by atoms with Gasteiger partial charge in [-0.3, -0.25) is 9.36 Å². The van der Waals surface area contributed by atoms with Crippen LogP contribution in [0.25, 0.3) is 0 Å². The highest BCUT2D eigenvalue weighted by Gasteiger charge is 2.03. The van der Waals surface area contributed by atoms with Crippen molar-refractivity contribution in [3.05, 3.63) is 30.4 Å². The summed E-state index contributed by atoms with van der Waals surface area (Å²) in [4.78, 5) is 0. The molecule has 2 rings (SSSR count). The Hall–Kier alpha value is -1.78. The van der Waals surface area contributed by atoms with Crippen molar-refractivity contribution < 1.29 is 0 Å². The second-order valence-electron chi connectivity index (χ2n) is 5.62. The first-order chi connectivity index (χ1) is 9.04. The molecule has 2 aromatic rings. The van der Waals surface area contributed by atoms with E-state index in [1.807, 2.05) is 28.0 Å². The van der Waals surface area contributed by atoms with Gasteiger partial charge in [0.05, 0.1) is 18.1 Å². The maximum atomic E-state index is 4.36. The molecule has 0 radical (unpaired) electrons. The van der Waals surface area contributed by atoms with E-state index in [2.05, 4.69) is 49.4 Å². The molecule has 1 N–H and O–H groups in total. The third-order valence-corrected chi connectivity index (χ3v) is 2.87. The smallest absolute Gasteiger partial charge is 0.0729 e. The molecule has 5 nitrogen and oxygen atoms in total. The van der Waals surface area contributed by atoms with Gasteiger partial charge in [-0.05, 0) is 19.8 Å². The van der Waals surface area contributed by atoms with Gasteiger partial charge in [-0.15, -0.1) is 0 Å². The summed E-state index contributed by atoms with van der Waals surface area (Å²) in [6.07, 6.45) is 7.91. The van der Waals surface area contributed by atoms with Crippen molar-refractivity contribution in [2.45, 2.75) is 46.8 Å². The molecule has 19 heavy (non-hydrogen) atoms. The topological polar surface area (TPSA) is 47.7 Å². The molecule has 0 aliphatic carbocycles. The molecule has 0 fully saturated rings. The molecule has 5 heteroatoms. The van der Waals surface area contributed by atoms with Crippen LogP contribution in [-0.4, -0.2) is 19.6 Å². The number of nitrogens with one attached hydrogen (secondary N) is 1. The summed E-state index contributed by atoms with van der Waals surface area (Å²) in [5.74, 6) is 0.616. The van der Waals surface area contributed by atoms with E-state index in [0.717, 1.165) is 18.8 Å². The molecule has 0 aliphatic heterocycles. The van der Waals surface area contributed by atoms with E-state index in [1.54, 1.807) is 0 Å². The molecule has 0 aromatic carbocycles. The van der Waals surface area contributed by atoms with Gasteiger partial charge >= 0.3 is 0 Å². The van der Waals surface area contributed by atoms with Crippen molar-refractivity contribution >= 4 is 5.69 Å². The van der Waals surface area contributed by atoms with Gasteiger partial charge in [0.2, 0.25) is 0 Å². The third-order valence-electron chi connectivity index (χ3n) is 2.87. The van der Waals surface area contributed by atoms with Crippen molar-refractivity contribution in [2.75, 3.05) is 5.32 Å². The summed E-state index contributed by atoms with van der Waals surface area (Å²) in [5, 5.41) is 12.0. The highest BCUT2D eigenvalue weighted by Crippen LogP contribution is 2.11. The zero-order chi connectivity index (χ0) is 13.8. The Balaban J connectivity index is 1.89. The van der Waals surface area contributed by atoms with Crippen LogP contribution in [0.2, 0.25) is 0 Å². The van der Waals surface area contributed by atoms with Crippen molar-refractivity contribution in [2.24, 2.45) is 5.92 Å². The van der Waals surface area contributed by atoms with Gasteiger partial charge in [0.1, 0.15) is 0 Å². The van der Waals surface area contributed by atoms with Crippen LogP contribution in [0.15, 0.2) is 24.8 Å². The first-order valence-electron chi connectivity index (χ1n) is 6.84. The average molecular weight is 261 g/mol. The fourth-order valence-electron chi connectivity index (χ4n) is 1.89. The largest absolute Gasteiger partial charge is 0.378 e. The summed E-state index contributed by atoms with van der Waals surface area (Å²) in [6, 6.07) is 0.393. The molecule has 0 unspecified atom stereocenters. The van der Waals surface area contributed by atoms with Gasteiger partial charge < -0.3 is 5.32 Å². The van der Waals surface area contributed by atoms with Gasteiger partial charge in [-0.25, -0.2) is 0 Å². The lowest BCUT2D eigenvalue weighted by Gasteiger charge is -2.04. The van der Waals surface area contributed by atoms with Gasteiger partial charge in [-0.2, -0.15) is 10.2 Å². The van der Waals surface area contributed by atoms with Crippen LogP contribution in [0, 0.1) is 5.92 Å². The average Bonchev–Trinajstić information content (AvgIpc) is 2.94. The van der Waals surface area contributed by atoms with E-state index < -0.39 is 0 Å². The SMILES string of the molecule is CC(C)Cn1cc(CNc2cnn(C(C)C)c2)cn1. The van der Waals surface area contributed by atoms with Crippen molar-refractivity contribution in [1.82, 2.24) is 19.6 Å². The number of aromatic nitrogens is 4. The Bertz CT molecular complexity index is 509. The summed E-state index contributed by atoms with van der Waals surface area (Å²) >= 11 is 0. The lowest BCUT2D eigenvalue weighted by Crippen LogP contribution is -2.04. The van der Waals surface area contributed by atoms with E-state index >= 15 is 0 Å². The van der Waals surface area contributed by atoms with E-state index in [-0.39, 0.29) is 0 Å². The standard InChI is InChI=1S/C14H23N5/c1-11(2)8-18-9-13(6-16-18)5-15-14-7-17-19(10-14)12(3)4/h6-7,9-12,15H,5,8H2,1-4H3. The number of anilines is 1. The second-order valence-corrected chi connectivity index (χ2v) is 5.62. The Morgan fingerprint density at radius 1 is 1.11 bits per heavy atom.